The minimum absolute atomic E-state index is 0.0582. The van der Waals surface area contributed by atoms with Gasteiger partial charge >= 0.3 is 0 Å². The number of benzene rings is 1. The van der Waals surface area contributed by atoms with Gasteiger partial charge in [0.25, 0.3) is 5.91 Å². The fourth-order valence-electron chi connectivity index (χ4n) is 2.27. The maximum absolute atomic E-state index is 12.2. The van der Waals surface area contributed by atoms with Gasteiger partial charge in [0, 0.05) is 17.8 Å². The lowest BCUT2D eigenvalue weighted by Crippen LogP contribution is -2.16. The highest BCUT2D eigenvalue weighted by Gasteiger charge is 2.14. The standard InChI is InChI=1S/C17H12N6O2S2/c24-13(22-17-21-11-4-1-2-5-12(11)27-17)8-10-9-26-16(20-10)23-15(25)14-18-6-3-7-19-14/h1-7,9H,8H2,(H,20,23,25)(H,21,22,24). The number of nitrogens with zero attached hydrogens (tertiary/aromatic N) is 4. The van der Waals surface area contributed by atoms with Gasteiger partial charge in [-0.3, -0.25) is 14.9 Å². The monoisotopic (exact) mass is 396 g/mol. The van der Waals surface area contributed by atoms with Crippen molar-refractivity contribution >= 4 is 55.0 Å². The molecule has 0 aliphatic carbocycles. The predicted molar refractivity (Wildman–Crippen MR) is 104 cm³/mol. The van der Waals surface area contributed by atoms with Gasteiger partial charge in [0.2, 0.25) is 11.7 Å². The van der Waals surface area contributed by atoms with Gasteiger partial charge in [-0.1, -0.05) is 23.5 Å². The third kappa shape index (κ3) is 4.13. The van der Waals surface area contributed by atoms with Crippen molar-refractivity contribution in [2.75, 3.05) is 10.6 Å². The smallest absolute Gasteiger partial charge is 0.295 e. The van der Waals surface area contributed by atoms with Crippen LogP contribution < -0.4 is 10.6 Å². The van der Waals surface area contributed by atoms with Crippen molar-refractivity contribution in [2.45, 2.75) is 6.42 Å². The molecule has 2 N–H and O–H groups in total. The SMILES string of the molecule is O=C(Cc1csc(NC(=O)c2ncccn2)n1)Nc1nc2ccccc2s1. The van der Waals surface area contributed by atoms with E-state index in [-0.39, 0.29) is 18.2 Å². The quantitative estimate of drug-likeness (QED) is 0.537. The van der Waals surface area contributed by atoms with Crippen LogP contribution in [0.15, 0.2) is 48.1 Å². The first-order valence-electron chi connectivity index (χ1n) is 7.85. The summed E-state index contributed by atoms with van der Waals surface area (Å²) in [5.74, 6) is -0.609. The topological polar surface area (TPSA) is 110 Å². The molecule has 0 bridgehead atoms. The number of carbonyl (C=O) groups is 2. The lowest BCUT2D eigenvalue weighted by atomic mass is 10.3. The second kappa shape index (κ2) is 7.56. The van der Waals surface area contributed by atoms with Crippen LogP contribution in [-0.2, 0) is 11.2 Å². The average Bonchev–Trinajstić information content (AvgIpc) is 3.28. The number of anilines is 2. The summed E-state index contributed by atoms with van der Waals surface area (Å²) in [5.41, 5.74) is 1.41. The van der Waals surface area contributed by atoms with E-state index in [1.165, 1.54) is 35.1 Å². The number of nitrogens with one attached hydrogen (secondary N) is 2. The molecule has 10 heteroatoms. The van der Waals surface area contributed by atoms with Gasteiger partial charge in [-0.05, 0) is 18.2 Å². The highest BCUT2D eigenvalue weighted by Crippen LogP contribution is 2.25. The summed E-state index contributed by atoms with van der Waals surface area (Å²) in [6.07, 6.45) is 3.06. The maximum atomic E-state index is 12.2. The van der Waals surface area contributed by atoms with Crippen molar-refractivity contribution in [1.29, 1.82) is 0 Å². The molecule has 0 atom stereocenters. The molecule has 4 rings (SSSR count). The zero-order valence-electron chi connectivity index (χ0n) is 13.7. The van der Waals surface area contributed by atoms with Crippen LogP contribution in [0.3, 0.4) is 0 Å². The predicted octanol–water partition coefficient (Wildman–Crippen LogP) is 2.98. The molecule has 0 radical (unpaired) electrons. The Morgan fingerprint density at radius 3 is 2.59 bits per heavy atom. The van der Waals surface area contributed by atoms with E-state index in [0.717, 1.165) is 10.2 Å². The first kappa shape index (κ1) is 17.2. The molecule has 0 aliphatic rings. The minimum Gasteiger partial charge on any atom is -0.302 e. The van der Waals surface area contributed by atoms with Gasteiger partial charge in [0.1, 0.15) is 0 Å². The van der Waals surface area contributed by atoms with E-state index in [0.29, 0.717) is 16.0 Å². The van der Waals surface area contributed by atoms with Crippen LogP contribution in [0.5, 0.6) is 0 Å². The van der Waals surface area contributed by atoms with Crippen LogP contribution in [0.25, 0.3) is 10.2 Å². The molecule has 0 saturated heterocycles. The summed E-state index contributed by atoms with van der Waals surface area (Å²) in [7, 11) is 0. The molecular weight excluding hydrogens is 384 g/mol. The Morgan fingerprint density at radius 1 is 0.963 bits per heavy atom. The van der Waals surface area contributed by atoms with E-state index in [1.807, 2.05) is 24.3 Å². The lowest BCUT2D eigenvalue weighted by molar-refractivity contribution is -0.115. The molecule has 0 fully saturated rings. The minimum atomic E-state index is -0.449. The summed E-state index contributed by atoms with van der Waals surface area (Å²) in [4.78, 5) is 40.6. The van der Waals surface area contributed by atoms with Crippen LogP contribution in [0.1, 0.15) is 16.3 Å². The number of hydrogen-bond acceptors (Lipinski definition) is 8. The van der Waals surface area contributed by atoms with Crippen LogP contribution in [-0.4, -0.2) is 31.8 Å². The number of thiazole rings is 2. The molecule has 0 spiro atoms. The number of aromatic nitrogens is 4. The van der Waals surface area contributed by atoms with Gasteiger partial charge in [-0.25, -0.2) is 19.9 Å². The van der Waals surface area contributed by atoms with E-state index < -0.39 is 5.91 Å². The molecule has 2 amide bonds. The Balaban J connectivity index is 1.37. The average molecular weight is 396 g/mol. The van der Waals surface area contributed by atoms with Crippen LogP contribution in [0.2, 0.25) is 0 Å². The molecule has 0 saturated carbocycles. The number of para-hydroxylation sites is 1. The lowest BCUT2D eigenvalue weighted by Gasteiger charge is -2.00. The van der Waals surface area contributed by atoms with E-state index in [4.69, 9.17) is 0 Å². The van der Waals surface area contributed by atoms with Crippen molar-refractivity contribution in [3.8, 4) is 0 Å². The second-order valence-corrected chi connectivity index (χ2v) is 7.27. The zero-order chi connectivity index (χ0) is 18.6. The van der Waals surface area contributed by atoms with E-state index in [2.05, 4.69) is 30.6 Å². The van der Waals surface area contributed by atoms with Crippen molar-refractivity contribution in [3.05, 3.63) is 59.6 Å². The van der Waals surface area contributed by atoms with Gasteiger partial charge in [-0.2, -0.15) is 0 Å². The van der Waals surface area contributed by atoms with Crippen molar-refractivity contribution in [2.24, 2.45) is 0 Å². The van der Waals surface area contributed by atoms with E-state index >= 15 is 0 Å². The molecule has 134 valence electrons. The molecule has 3 heterocycles. The maximum Gasteiger partial charge on any atom is 0.295 e. The Kier molecular flexibility index (Phi) is 4.81. The number of rotatable bonds is 5. The summed E-state index contributed by atoms with van der Waals surface area (Å²) in [6, 6.07) is 9.31. The third-order valence-corrected chi connectivity index (χ3v) is 5.18. The number of carbonyl (C=O) groups excluding carboxylic acids is 2. The van der Waals surface area contributed by atoms with Crippen LogP contribution in [0, 0.1) is 0 Å². The third-order valence-electron chi connectivity index (χ3n) is 3.42. The van der Waals surface area contributed by atoms with Crippen LogP contribution in [0.4, 0.5) is 10.3 Å². The molecule has 0 unspecified atom stereocenters. The number of fused-ring (bicyclic) bond motifs is 1. The van der Waals surface area contributed by atoms with Gasteiger partial charge in [0.05, 0.1) is 22.3 Å². The van der Waals surface area contributed by atoms with Crippen LogP contribution >= 0.6 is 22.7 Å². The van der Waals surface area contributed by atoms with Gasteiger partial charge in [0.15, 0.2) is 10.3 Å². The molecular formula is C17H12N6O2S2. The summed E-state index contributed by atoms with van der Waals surface area (Å²) < 4.78 is 1.01. The van der Waals surface area contributed by atoms with E-state index in [1.54, 1.807) is 11.4 Å². The first-order valence-corrected chi connectivity index (χ1v) is 9.55. The fourth-order valence-corrected chi connectivity index (χ4v) is 3.86. The largest absolute Gasteiger partial charge is 0.302 e. The Hall–Kier alpha value is -3.24. The van der Waals surface area contributed by atoms with Gasteiger partial charge < -0.3 is 5.32 Å². The summed E-state index contributed by atoms with van der Waals surface area (Å²) in [6.45, 7) is 0. The molecule has 1 aromatic carbocycles. The highest BCUT2D eigenvalue weighted by atomic mass is 32.1. The van der Waals surface area contributed by atoms with Gasteiger partial charge in [-0.15, -0.1) is 11.3 Å². The molecule has 0 aliphatic heterocycles. The Labute approximate surface area is 161 Å². The van der Waals surface area contributed by atoms with Crippen molar-refractivity contribution in [3.63, 3.8) is 0 Å². The normalized spacial score (nSPS) is 10.7. The number of hydrogen-bond donors (Lipinski definition) is 2. The van der Waals surface area contributed by atoms with E-state index in [9.17, 15) is 9.59 Å². The molecule has 27 heavy (non-hydrogen) atoms. The Morgan fingerprint density at radius 2 is 1.78 bits per heavy atom. The summed E-state index contributed by atoms with van der Waals surface area (Å²) in [5, 5.41) is 8.06. The second-order valence-electron chi connectivity index (χ2n) is 5.38. The first-order chi connectivity index (χ1) is 13.2. The molecule has 3 aromatic heterocycles. The zero-order valence-corrected chi connectivity index (χ0v) is 15.4. The number of amides is 2. The molecule has 8 nitrogen and oxygen atoms in total. The Bertz CT molecular complexity index is 1080. The summed E-state index contributed by atoms with van der Waals surface area (Å²) >= 11 is 2.65. The fraction of sp³-hybridized carbons (Fsp3) is 0.0588. The van der Waals surface area contributed by atoms with Crippen molar-refractivity contribution < 1.29 is 9.59 Å². The molecule has 4 aromatic rings. The van der Waals surface area contributed by atoms with Crippen molar-refractivity contribution in [1.82, 2.24) is 19.9 Å². The highest BCUT2D eigenvalue weighted by molar-refractivity contribution is 7.22.